The van der Waals surface area contributed by atoms with Crippen molar-refractivity contribution in [1.82, 2.24) is 4.72 Å². The fourth-order valence-electron chi connectivity index (χ4n) is 0.103. The summed E-state index contributed by atoms with van der Waals surface area (Å²) in [4.78, 5) is 0. The average Bonchev–Trinajstić information content (AvgIpc) is 1.61. The van der Waals surface area contributed by atoms with E-state index in [-0.39, 0.29) is 6.54 Å². The molecular formula is C3H5NO2S. The van der Waals surface area contributed by atoms with Crippen molar-refractivity contribution >= 4 is 11.3 Å². The van der Waals surface area contributed by atoms with Crippen LogP contribution in [0.25, 0.3) is 0 Å². The van der Waals surface area contributed by atoms with E-state index in [4.69, 9.17) is 11.0 Å². The molecule has 0 aliphatic rings. The molecule has 0 amide bonds. The van der Waals surface area contributed by atoms with Crippen LogP contribution in [-0.4, -0.2) is 15.3 Å². The predicted octanol–water partition coefficient (Wildman–Crippen LogP) is -0.654. The minimum Gasteiger partial charge on any atom is -0.294 e. The van der Waals surface area contributed by atoms with E-state index in [1.165, 1.54) is 0 Å². The van der Waals surface area contributed by atoms with E-state index in [0.717, 1.165) is 0 Å². The summed E-state index contributed by atoms with van der Waals surface area (Å²) in [5, 5.41) is 0. The van der Waals surface area contributed by atoms with Gasteiger partial charge in [0.25, 0.3) is 0 Å². The molecule has 0 heterocycles. The van der Waals surface area contributed by atoms with Gasteiger partial charge in [0.2, 0.25) is 11.3 Å². The highest BCUT2D eigenvalue weighted by molar-refractivity contribution is 7.77. The van der Waals surface area contributed by atoms with E-state index in [2.05, 4.69) is 10.6 Å². The van der Waals surface area contributed by atoms with E-state index in [0.29, 0.717) is 0 Å². The van der Waals surface area contributed by atoms with Gasteiger partial charge in [-0.25, -0.2) is 8.93 Å². The van der Waals surface area contributed by atoms with Gasteiger partial charge >= 0.3 is 0 Å². The topological polar surface area (TPSA) is 49.3 Å². The van der Waals surface area contributed by atoms with Crippen LogP contribution in [0.3, 0.4) is 0 Å². The Labute approximate surface area is 44.5 Å². The van der Waals surface area contributed by atoms with Crippen molar-refractivity contribution in [3.05, 3.63) is 0 Å². The summed E-state index contributed by atoms with van der Waals surface area (Å²) in [6, 6.07) is 0. The lowest BCUT2D eigenvalue weighted by molar-refractivity contribution is 0.553. The molecule has 4 heteroatoms. The van der Waals surface area contributed by atoms with E-state index >= 15 is 0 Å². The fraction of sp³-hybridized carbons (Fsp3) is 0.333. The number of rotatable bonds is 2. The first-order valence-corrected chi connectivity index (χ1v) is 2.66. The summed E-state index contributed by atoms with van der Waals surface area (Å²) in [5.41, 5.74) is 0. The number of nitrogens with one attached hydrogen (secondary N) is 1. The Hall–Kier alpha value is -0.370. The molecule has 40 valence electrons. The van der Waals surface area contributed by atoms with Crippen LogP contribution in [-0.2, 0) is 11.3 Å². The highest BCUT2D eigenvalue weighted by Crippen LogP contribution is 1.57. The van der Waals surface area contributed by atoms with E-state index in [1.807, 2.05) is 0 Å². The maximum atomic E-state index is 9.66. The van der Waals surface area contributed by atoms with Gasteiger partial charge in [0.15, 0.2) is 0 Å². The molecule has 1 atom stereocenters. The fourth-order valence-corrected chi connectivity index (χ4v) is 0.310. The second-order valence-corrected chi connectivity index (χ2v) is 1.56. The molecule has 7 heavy (non-hydrogen) atoms. The van der Waals surface area contributed by atoms with Crippen LogP contribution in [0.1, 0.15) is 0 Å². The Bertz CT molecular complexity index is 106. The van der Waals surface area contributed by atoms with Crippen molar-refractivity contribution in [3.63, 3.8) is 0 Å². The van der Waals surface area contributed by atoms with Gasteiger partial charge in [0, 0.05) is 0 Å². The summed E-state index contributed by atoms with van der Waals surface area (Å²) >= 11 is -1.96. The third-order valence-electron chi connectivity index (χ3n) is 0.298. The maximum Gasteiger partial charge on any atom is 0.232 e. The quantitative estimate of drug-likeness (QED) is 0.374. The van der Waals surface area contributed by atoms with Crippen molar-refractivity contribution < 1.29 is 8.76 Å². The molecular weight excluding hydrogens is 114 g/mol. The van der Waals surface area contributed by atoms with E-state index in [1.54, 1.807) is 0 Å². The molecule has 0 aromatic heterocycles. The van der Waals surface area contributed by atoms with Crippen molar-refractivity contribution in [1.29, 1.82) is 0 Å². The Kier molecular flexibility index (Phi) is 3.61. The second-order valence-electron chi connectivity index (χ2n) is 0.774. The maximum absolute atomic E-state index is 9.66. The van der Waals surface area contributed by atoms with E-state index in [9.17, 15) is 4.21 Å². The van der Waals surface area contributed by atoms with Crippen molar-refractivity contribution in [2.24, 2.45) is 0 Å². The largest absolute Gasteiger partial charge is 0.294 e. The van der Waals surface area contributed by atoms with Crippen LogP contribution in [0, 0.1) is 12.3 Å². The van der Waals surface area contributed by atoms with Crippen LogP contribution >= 0.6 is 0 Å². The van der Waals surface area contributed by atoms with Crippen LogP contribution < -0.4 is 4.72 Å². The Balaban J connectivity index is 3.02. The molecule has 0 aromatic carbocycles. The summed E-state index contributed by atoms with van der Waals surface area (Å²) in [6.07, 6.45) is 4.72. The number of terminal acetylenes is 1. The molecule has 0 spiro atoms. The Morgan fingerprint density at radius 2 is 2.57 bits per heavy atom. The van der Waals surface area contributed by atoms with Crippen molar-refractivity contribution in [2.75, 3.05) is 6.54 Å². The molecule has 0 bridgehead atoms. The molecule has 0 saturated carbocycles. The zero-order valence-electron chi connectivity index (χ0n) is 3.55. The summed E-state index contributed by atoms with van der Waals surface area (Å²) in [7, 11) is 0. The highest BCUT2D eigenvalue weighted by atomic mass is 32.2. The molecule has 0 saturated heterocycles. The standard InChI is InChI=1S/C3H5NO2S/c1-2-3-4-7(5)6/h1,4H,3H2,(H,5,6). The summed E-state index contributed by atoms with van der Waals surface area (Å²) < 4.78 is 19.7. The van der Waals surface area contributed by atoms with Crippen LogP contribution in [0.2, 0.25) is 0 Å². The molecule has 0 aliphatic carbocycles. The van der Waals surface area contributed by atoms with Crippen LogP contribution in [0.15, 0.2) is 0 Å². The van der Waals surface area contributed by atoms with Gasteiger partial charge in [-0.1, -0.05) is 5.92 Å². The zero-order chi connectivity index (χ0) is 5.70. The normalized spacial score (nSPS) is 12.6. The van der Waals surface area contributed by atoms with Gasteiger partial charge in [-0.15, -0.1) is 6.42 Å². The lowest BCUT2D eigenvalue weighted by atomic mass is 10.7. The molecule has 3 nitrogen and oxygen atoms in total. The molecule has 0 radical (unpaired) electrons. The first-order chi connectivity index (χ1) is 3.27. The third-order valence-corrected chi connectivity index (χ3v) is 0.689. The number of hydrogen-bond acceptors (Lipinski definition) is 1. The summed E-state index contributed by atoms with van der Waals surface area (Å²) in [5.74, 6) is 2.13. The van der Waals surface area contributed by atoms with Gasteiger partial charge in [-0.2, -0.15) is 0 Å². The lowest BCUT2D eigenvalue weighted by Crippen LogP contribution is -2.15. The Morgan fingerprint density at radius 1 is 2.00 bits per heavy atom. The molecule has 0 aliphatic heterocycles. The lowest BCUT2D eigenvalue weighted by Gasteiger charge is -1.85. The molecule has 0 aromatic rings. The van der Waals surface area contributed by atoms with Crippen LogP contribution in [0.4, 0.5) is 0 Å². The minimum absolute atomic E-state index is 0.128. The average molecular weight is 119 g/mol. The molecule has 2 N–H and O–H groups in total. The monoisotopic (exact) mass is 119 g/mol. The number of hydrogen-bond donors (Lipinski definition) is 2. The first-order valence-electron chi connectivity index (χ1n) is 1.55. The minimum atomic E-state index is -1.96. The van der Waals surface area contributed by atoms with Gasteiger partial charge in [-0.3, -0.25) is 4.55 Å². The van der Waals surface area contributed by atoms with Gasteiger partial charge in [0.05, 0.1) is 6.54 Å². The van der Waals surface area contributed by atoms with Crippen molar-refractivity contribution in [2.45, 2.75) is 0 Å². The summed E-state index contributed by atoms with van der Waals surface area (Å²) in [6.45, 7) is 0.128. The molecule has 1 unspecified atom stereocenters. The van der Waals surface area contributed by atoms with Crippen LogP contribution in [0.5, 0.6) is 0 Å². The zero-order valence-corrected chi connectivity index (χ0v) is 4.36. The van der Waals surface area contributed by atoms with Gasteiger partial charge in [-0.05, 0) is 0 Å². The van der Waals surface area contributed by atoms with E-state index < -0.39 is 11.3 Å². The Morgan fingerprint density at radius 3 is 2.71 bits per heavy atom. The molecule has 0 fully saturated rings. The SMILES string of the molecule is C#CCNS(=O)O. The molecule has 0 rings (SSSR count). The predicted molar refractivity (Wildman–Crippen MR) is 27.6 cm³/mol. The second kappa shape index (κ2) is 3.81. The smallest absolute Gasteiger partial charge is 0.232 e. The van der Waals surface area contributed by atoms with Gasteiger partial charge in [0.1, 0.15) is 0 Å². The highest BCUT2D eigenvalue weighted by Gasteiger charge is 1.82. The van der Waals surface area contributed by atoms with Gasteiger partial charge < -0.3 is 0 Å². The third kappa shape index (κ3) is 5.63. The first kappa shape index (κ1) is 6.63. The van der Waals surface area contributed by atoms with Crippen molar-refractivity contribution in [3.8, 4) is 12.3 Å².